The lowest BCUT2D eigenvalue weighted by Gasteiger charge is -2.17. The minimum atomic E-state index is -4.94. The number of aryl methyl sites for hydroxylation is 1. The van der Waals surface area contributed by atoms with Gasteiger partial charge in [-0.25, -0.2) is 14.5 Å². The summed E-state index contributed by atoms with van der Waals surface area (Å²) in [5.74, 6) is 0. The molecule has 5 nitrogen and oxygen atoms in total. The molecular formula is C26H18Cl3F3N4O. The molecule has 3 heterocycles. The molecule has 0 aliphatic carbocycles. The molecule has 0 saturated heterocycles. The summed E-state index contributed by atoms with van der Waals surface area (Å²) in [5, 5.41) is 0.344. The molecule has 3 aromatic heterocycles. The van der Waals surface area contributed by atoms with Crippen LogP contribution >= 0.6 is 34.8 Å². The van der Waals surface area contributed by atoms with Crippen molar-refractivity contribution in [1.82, 2.24) is 19.1 Å². The molecule has 1 unspecified atom stereocenters. The Morgan fingerprint density at radius 1 is 0.946 bits per heavy atom. The molecule has 1 atom stereocenters. The van der Waals surface area contributed by atoms with E-state index < -0.39 is 22.9 Å². The summed E-state index contributed by atoms with van der Waals surface area (Å²) in [6, 6.07) is 15.7. The number of imidazole rings is 1. The zero-order chi connectivity index (χ0) is 26.7. The highest BCUT2D eigenvalue weighted by atomic mass is 35.5. The van der Waals surface area contributed by atoms with Gasteiger partial charge in [0.2, 0.25) is 0 Å². The lowest BCUT2D eigenvalue weighted by molar-refractivity contribution is -0.203. The van der Waals surface area contributed by atoms with Crippen LogP contribution < -0.4 is 5.56 Å². The van der Waals surface area contributed by atoms with Gasteiger partial charge in [0.05, 0.1) is 11.7 Å². The Hall–Kier alpha value is -3.33. The lowest BCUT2D eigenvalue weighted by Crippen LogP contribution is -2.31. The molecule has 0 bridgehead atoms. The molecule has 0 radical (unpaired) electrons. The lowest BCUT2D eigenvalue weighted by atomic mass is 9.99. The van der Waals surface area contributed by atoms with Crippen LogP contribution in [0.15, 0.2) is 90.4 Å². The molecule has 0 fully saturated rings. The number of alkyl halides is 4. The summed E-state index contributed by atoms with van der Waals surface area (Å²) in [6.07, 6.45) is 1.69. The molecule has 2 aromatic carbocycles. The van der Waals surface area contributed by atoms with Crippen LogP contribution in [-0.4, -0.2) is 19.1 Å². The zero-order valence-corrected chi connectivity index (χ0v) is 21.4. The van der Waals surface area contributed by atoms with E-state index in [-0.39, 0.29) is 15.5 Å². The van der Waals surface area contributed by atoms with Crippen molar-refractivity contribution in [2.24, 2.45) is 7.05 Å². The maximum Gasteiger partial charge on any atom is 0.493 e. The highest BCUT2D eigenvalue weighted by Crippen LogP contribution is 2.35. The molecular weight excluding hydrogens is 548 g/mol. The van der Waals surface area contributed by atoms with E-state index in [1.54, 1.807) is 61.1 Å². The number of rotatable bonds is 3. The number of pyridine rings is 2. The second kappa shape index (κ2) is 11.0. The maximum absolute atomic E-state index is 13.6. The zero-order valence-electron chi connectivity index (χ0n) is 19.1. The Kier molecular flexibility index (Phi) is 7.92. The highest BCUT2D eigenvalue weighted by molar-refractivity contribution is 6.31. The maximum atomic E-state index is 13.6. The van der Waals surface area contributed by atoms with E-state index >= 15 is 0 Å². The second-order valence-electron chi connectivity index (χ2n) is 7.99. The normalized spacial score (nSPS) is 12.2. The molecule has 0 aliphatic rings. The van der Waals surface area contributed by atoms with Gasteiger partial charge in [-0.2, -0.15) is 0 Å². The topological polar surface area (TPSA) is 52.7 Å². The summed E-state index contributed by atoms with van der Waals surface area (Å²) in [7, 11) is 1.94. The van der Waals surface area contributed by atoms with Gasteiger partial charge in [0.25, 0.3) is 5.56 Å². The molecule has 0 N–H and O–H groups in total. The number of fused-ring (bicyclic) bond motifs is 1. The van der Waals surface area contributed by atoms with E-state index in [1.807, 2.05) is 17.8 Å². The van der Waals surface area contributed by atoms with Crippen LogP contribution in [-0.2, 0) is 13.3 Å². The quantitative estimate of drug-likeness (QED) is 0.212. The van der Waals surface area contributed by atoms with E-state index in [1.165, 1.54) is 12.3 Å². The van der Waals surface area contributed by atoms with Gasteiger partial charge < -0.3 is 4.57 Å². The Morgan fingerprint density at radius 2 is 1.68 bits per heavy atom. The third-order valence-corrected chi connectivity index (χ3v) is 6.35. The van der Waals surface area contributed by atoms with Gasteiger partial charge in [-0.05, 0) is 52.6 Å². The average molecular weight is 566 g/mol. The molecule has 0 spiro atoms. The first-order chi connectivity index (χ1) is 17.5. The minimum absolute atomic E-state index is 0.122. The number of hydrogen-bond donors (Lipinski definition) is 0. The Morgan fingerprint density at radius 3 is 2.24 bits per heavy atom. The number of aromatic nitrogens is 4. The summed E-state index contributed by atoms with van der Waals surface area (Å²) in [5.41, 5.74) is 0.166. The fraction of sp³-hybridized carbons (Fsp3) is 0.115. The fourth-order valence-electron chi connectivity index (χ4n) is 3.65. The summed E-state index contributed by atoms with van der Waals surface area (Å²) in [6.45, 7) is 0. The molecule has 190 valence electrons. The van der Waals surface area contributed by atoms with Crippen LogP contribution in [0.3, 0.4) is 0 Å². The van der Waals surface area contributed by atoms with Crippen molar-refractivity contribution >= 4 is 45.8 Å². The first-order valence-corrected chi connectivity index (χ1v) is 11.9. The monoisotopic (exact) mass is 564 g/mol. The number of hydrogen-bond acceptors (Lipinski definition) is 3. The van der Waals surface area contributed by atoms with Crippen molar-refractivity contribution in [3.05, 3.63) is 117 Å². The molecule has 0 saturated carbocycles. The number of nitrogens with zero attached hydrogens (tertiary/aromatic N) is 4. The fourth-order valence-corrected chi connectivity index (χ4v) is 4.23. The van der Waals surface area contributed by atoms with Crippen molar-refractivity contribution in [1.29, 1.82) is 0 Å². The summed E-state index contributed by atoms with van der Waals surface area (Å²) < 4.78 is 42.4. The molecule has 5 rings (SSSR count). The van der Waals surface area contributed by atoms with E-state index in [4.69, 9.17) is 34.8 Å². The Labute approximate surface area is 224 Å². The molecule has 37 heavy (non-hydrogen) atoms. The van der Waals surface area contributed by atoms with E-state index in [2.05, 4.69) is 9.97 Å². The Bertz CT molecular complexity index is 1580. The SMILES string of the molecule is Cn1ccnc1.O=c1cc(-c2cccc(Cl)c2)c2cc(C(Cl)c3ccc(Cl)cc3)cnc2n1C(F)(F)F. The number of halogens is 6. The summed E-state index contributed by atoms with van der Waals surface area (Å²) >= 11 is 18.5. The van der Waals surface area contributed by atoms with Crippen molar-refractivity contribution in [3.63, 3.8) is 0 Å². The largest absolute Gasteiger partial charge is 0.493 e. The third kappa shape index (κ3) is 6.15. The van der Waals surface area contributed by atoms with Crippen molar-refractivity contribution < 1.29 is 13.2 Å². The molecule has 5 aromatic rings. The second-order valence-corrected chi connectivity index (χ2v) is 9.30. The van der Waals surface area contributed by atoms with Gasteiger partial charge >= 0.3 is 6.30 Å². The van der Waals surface area contributed by atoms with E-state index in [9.17, 15) is 18.0 Å². The third-order valence-electron chi connectivity index (χ3n) is 5.36. The Balaban J connectivity index is 0.000000469. The first-order valence-electron chi connectivity index (χ1n) is 10.7. The predicted molar refractivity (Wildman–Crippen MR) is 140 cm³/mol. The van der Waals surface area contributed by atoms with Gasteiger partial charge in [-0.15, -0.1) is 24.8 Å². The molecule has 0 aliphatic heterocycles. The van der Waals surface area contributed by atoms with Crippen molar-refractivity contribution in [2.75, 3.05) is 0 Å². The van der Waals surface area contributed by atoms with Crippen LogP contribution in [0.4, 0.5) is 13.2 Å². The molecule has 0 amide bonds. The highest BCUT2D eigenvalue weighted by Gasteiger charge is 2.35. The van der Waals surface area contributed by atoms with E-state index in [0.717, 1.165) is 6.07 Å². The van der Waals surface area contributed by atoms with Gasteiger partial charge in [0.15, 0.2) is 5.65 Å². The van der Waals surface area contributed by atoms with Crippen LogP contribution in [0.1, 0.15) is 16.5 Å². The van der Waals surface area contributed by atoms with Crippen LogP contribution in [0.5, 0.6) is 0 Å². The summed E-state index contributed by atoms with van der Waals surface area (Å²) in [4.78, 5) is 20.1. The minimum Gasteiger partial charge on any atom is -0.341 e. The van der Waals surface area contributed by atoms with Gasteiger partial charge in [0, 0.05) is 47.1 Å². The van der Waals surface area contributed by atoms with Crippen LogP contribution in [0.25, 0.3) is 22.2 Å². The smallest absolute Gasteiger partial charge is 0.341 e. The van der Waals surface area contributed by atoms with Crippen LogP contribution in [0.2, 0.25) is 10.0 Å². The van der Waals surface area contributed by atoms with Crippen molar-refractivity contribution in [3.8, 4) is 11.1 Å². The average Bonchev–Trinajstić information content (AvgIpc) is 3.33. The van der Waals surface area contributed by atoms with Crippen molar-refractivity contribution in [2.45, 2.75) is 11.7 Å². The molecule has 11 heteroatoms. The van der Waals surface area contributed by atoms with E-state index in [0.29, 0.717) is 26.7 Å². The van der Waals surface area contributed by atoms with Gasteiger partial charge in [-0.1, -0.05) is 47.5 Å². The van der Waals surface area contributed by atoms with Gasteiger partial charge in [0.1, 0.15) is 0 Å². The number of benzene rings is 2. The predicted octanol–water partition coefficient (Wildman–Crippen LogP) is 7.59. The first kappa shape index (κ1) is 26.7. The van der Waals surface area contributed by atoms with Crippen LogP contribution in [0, 0.1) is 0 Å². The van der Waals surface area contributed by atoms with Gasteiger partial charge in [-0.3, -0.25) is 4.79 Å². The standard InChI is InChI=1S/C22H12Cl3F3N2O.C4H6N2/c23-15-6-4-12(5-7-15)20(25)14-9-18-17(13-2-1-3-16(24)8-13)10-19(31)30(22(26,27)28)21(18)29-11-14;1-6-3-2-5-4-6/h1-11,20H;2-4H,1H3.